The maximum Gasteiger partial charge on any atom is 0.338 e. The van der Waals surface area contributed by atoms with Crippen molar-refractivity contribution >= 4 is 17.5 Å². The normalized spacial score (nSPS) is 41.4. The fraction of sp³-hybridized carbons (Fsp3) is 0.703. The molecule has 1 aromatic rings. The molecule has 7 atom stereocenters. The Morgan fingerprint density at radius 3 is 2.27 bits per heavy atom. The van der Waals surface area contributed by atoms with Gasteiger partial charge in [0.1, 0.15) is 12.4 Å². The molecule has 4 fully saturated rings. The van der Waals surface area contributed by atoms with E-state index in [0.717, 1.165) is 50.5 Å². The molecule has 0 heterocycles. The van der Waals surface area contributed by atoms with Crippen LogP contribution in [0, 0.1) is 50.7 Å². The van der Waals surface area contributed by atoms with Crippen LogP contribution in [0.1, 0.15) is 117 Å². The molecule has 0 aliphatic heterocycles. The van der Waals surface area contributed by atoms with E-state index in [2.05, 4.69) is 48.5 Å². The number of ether oxygens (including phenoxy) is 1. The number of carbonyl (C=O) groups excluding carboxylic acids is 3. The third kappa shape index (κ3) is 3.87. The molecule has 4 saturated carbocycles. The Kier molecular flexibility index (Phi) is 6.61. The highest BCUT2D eigenvalue weighted by atomic mass is 16.5. The van der Waals surface area contributed by atoms with Gasteiger partial charge in [-0.3, -0.25) is 9.59 Å². The van der Waals surface area contributed by atoms with E-state index in [4.69, 9.17) is 4.74 Å². The van der Waals surface area contributed by atoms with E-state index in [1.165, 1.54) is 5.57 Å². The fourth-order valence-electron chi connectivity index (χ4n) is 11.6. The number of benzene rings is 1. The van der Waals surface area contributed by atoms with Gasteiger partial charge in [0.05, 0.1) is 5.56 Å². The van der Waals surface area contributed by atoms with Gasteiger partial charge in [-0.15, -0.1) is 0 Å². The van der Waals surface area contributed by atoms with Crippen molar-refractivity contribution in [2.24, 2.45) is 50.7 Å². The van der Waals surface area contributed by atoms with Gasteiger partial charge >= 0.3 is 5.97 Å². The molecule has 5 aliphatic carbocycles. The van der Waals surface area contributed by atoms with Crippen LogP contribution in [0.4, 0.5) is 0 Å². The van der Waals surface area contributed by atoms with Crippen LogP contribution < -0.4 is 0 Å². The first kappa shape index (κ1) is 28.9. The number of hydrogen-bond acceptors (Lipinski definition) is 4. The van der Waals surface area contributed by atoms with Gasteiger partial charge in [0.15, 0.2) is 5.78 Å². The van der Waals surface area contributed by atoms with Gasteiger partial charge in [0.2, 0.25) is 0 Å². The summed E-state index contributed by atoms with van der Waals surface area (Å²) >= 11 is 0. The monoisotopic (exact) mass is 558 g/mol. The van der Waals surface area contributed by atoms with Crippen molar-refractivity contribution in [3.05, 3.63) is 47.0 Å². The number of rotatable bonds is 4. The van der Waals surface area contributed by atoms with E-state index in [1.54, 1.807) is 12.1 Å². The summed E-state index contributed by atoms with van der Waals surface area (Å²) in [6.07, 6.45) is 8.64. The number of fused-ring (bicyclic) bond motifs is 7. The van der Waals surface area contributed by atoms with Crippen LogP contribution >= 0.6 is 0 Å². The molecule has 6 rings (SSSR count). The number of allylic oxidation sites excluding steroid dienone is 1. The third-order valence-corrected chi connectivity index (χ3v) is 13.8. The smallest absolute Gasteiger partial charge is 0.338 e. The van der Waals surface area contributed by atoms with Gasteiger partial charge in [0.25, 0.3) is 0 Å². The van der Waals surface area contributed by atoms with Gasteiger partial charge in [-0.05, 0) is 108 Å². The largest absolute Gasteiger partial charge is 0.461 e. The number of hydrogen-bond donors (Lipinski definition) is 0. The van der Waals surface area contributed by atoms with Crippen molar-refractivity contribution in [3.63, 3.8) is 0 Å². The molecule has 0 amide bonds. The molecule has 0 radical (unpaired) electrons. The molecular weight excluding hydrogens is 508 g/mol. The van der Waals surface area contributed by atoms with E-state index in [-0.39, 0.29) is 44.7 Å². The van der Waals surface area contributed by atoms with Gasteiger partial charge in [0, 0.05) is 23.7 Å². The minimum atomic E-state index is -0.380. The quantitative estimate of drug-likeness (QED) is 0.348. The van der Waals surface area contributed by atoms with Gasteiger partial charge in [-0.2, -0.15) is 0 Å². The van der Waals surface area contributed by atoms with E-state index < -0.39 is 0 Å². The number of esters is 1. The van der Waals surface area contributed by atoms with E-state index >= 15 is 0 Å². The van der Waals surface area contributed by atoms with Gasteiger partial charge in [-0.25, -0.2) is 4.79 Å². The molecule has 5 aliphatic rings. The molecule has 0 saturated heterocycles. The predicted octanol–water partition coefficient (Wildman–Crippen LogP) is 8.39. The summed E-state index contributed by atoms with van der Waals surface area (Å²) < 4.78 is 6.06. The molecule has 0 aromatic heterocycles. The van der Waals surface area contributed by atoms with E-state index in [0.29, 0.717) is 48.5 Å². The Hall–Kier alpha value is -2.23. The summed E-state index contributed by atoms with van der Waals surface area (Å²) in [6.45, 7) is 16.7. The van der Waals surface area contributed by atoms with E-state index in [9.17, 15) is 14.4 Å². The van der Waals surface area contributed by atoms with Crippen LogP contribution in [0.25, 0.3) is 0 Å². The zero-order chi connectivity index (χ0) is 29.6. The molecule has 222 valence electrons. The van der Waals surface area contributed by atoms with Crippen molar-refractivity contribution in [2.75, 3.05) is 6.61 Å². The highest BCUT2D eigenvalue weighted by Crippen LogP contribution is 2.76. The second kappa shape index (κ2) is 9.38. The molecule has 1 aromatic carbocycles. The number of ketones is 2. The van der Waals surface area contributed by atoms with Crippen molar-refractivity contribution < 1.29 is 19.1 Å². The Bertz CT molecular complexity index is 1310. The second-order valence-electron chi connectivity index (χ2n) is 16.1. The molecule has 0 unspecified atom stereocenters. The average Bonchev–Trinajstić information content (AvgIpc) is 3.23. The first-order chi connectivity index (χ1) is 19.2. The Morgan fingerprint density at radius 1 is 0.878 bits per heavy atom. The molecule has 41 heavy (non-hydrogen) atoms. The van der Waals surface area contributed by atoms with Crippen molar-refractivity contribution in [3.8, 4) is 0 Å². The number of Topliss-reactive ketones (excluding diaryl/α,β-unsaturated/α-hetero) is 2. The maximum absolute atomic E-state index is 13.8. The Balaban J connectivity index is 1.37. The lowest BCUT2D eigenvalue weighted by Gasteiger charge is -2.71. The molecule has 4 heteroatoms. The summed E-state index contributed by atoms with van der Waals surface area (Å²) in [7, 11) is 0. The van der Waals surface area contributed by atoms with Crippen LogP contribution in [-0.2, 0) is 14.3 Å². The van der Waals surface area contributed by atoms with Gasteiger partial charge < -0.3 is 4.74 Å². The predicted molar refractivity (Wildman–Crippen MR) is 161 cm³/mol. The Labute approximate surface area is 247 Å². The van der Waals surface area contributed by atoms with Gasteiger partial charge in [-0.1, -0.05) is 66.7 Å². The first-order valence-electron chi connectivity index (χ1n) is 16.2. The van der Waals surface area contributed by atoms with Crippen LogP contribution in [0.15, 0.2) is 41.5 Å². The minimum absolute atomic E-state index is 0.0720. The highest BCUT2D eigenvalue weighted by Gasteiger charge is 2.70. The number of carbonyl (C=O) groups is 3. The molecule has 0 N–H and O–H groups in total. The zero-order valence-electron chi connectivity index (χ0n) is 26.4. The van der Waals surface area contributed by atoms with Crippen molar-refractivity contribution in [2.45, 2.75) is 106 Å². The van der Waals surface area contributed by atoms with Crippen LogP contribution in [0.2, 0.25) is 0 Å². The van der Waals surface area contributed by atoms with Crippen molar-refractivity contribution in [1.29, 1.82) is 0 Å². The van der Waals surface area contributed by atoms with Crippen LogP contribution in [-0.4, -0.2) is 24.1 Å². The summed E-state index contributed by atoms with van der Waals surface area (Å²) in [4.78, 5) is 39.9. The average molecular weight is 559 g/mol. The molecule has 0 bridgehead atoms. The molecule has 4 nitrogen and oxygen atoms in total. The second-order valence-corrected chi connectivity index (χ2v) is 16.1. The molecular formula is C37H50O4. The maximum atomic E-state index is 13.8. The fourth-order valence-corrected chi connectivity index (χ4v) is 11.6. The standard InChI is InChI=1S/C37H50O4/c1-23(2)30-26(38)21-37(22-41-32(40)24-11-9-8-10-12-24)20-19-35(6)25(31(30)37)13-14-28-34(5)17-16-29(39)33(3,4)27(34)15-18-36(28,35)7/h8-12,23,25,27-28H,13-22H2,1-7H3/t25-,27+,28-,34+,35-,36-,37+/m1/s1. The Morgan fingerprint density at radius 2 is 1.59 bits per heavy atom. The van der Waals surface area contributed by atoms with Crippen LogP contribution in [0.3, 0.4) is 0 Å². The summed E-state index contributed by atoms with van der Waals surface area (Å²) in [5, 5.41) is 0. The first-order valence-corrected chi connectivity index (χ1v) is 16.2. The topological polar surface area (TPSA) is 60.4 Å². The minimum Gasteiger partial charge on any atom is -0.461 e. The summed E-state index contributed by atoms with van der Waals surface area (Å²) in [6, 6.07) is 9.22. The lowest BCUT2D eigenvalue weighted by atomic mass is 9.33. The summed E-state index contributed by atoms with van der Waals surface area (Å²) in [5.41, 5.74) is 2.69. The molecule has 0 spiro atoms. The SMILES string of the molecule is CC(C)C1=C2[C@H]3CC[C@@H]4[C@@]5(C)CCC(=O)C(C)(C)[C@@H]5CC[C@@]4(C)[C@]3(C)CC[C@@]2(COC(=O)c2ccccc2)CC1=O. The van der Waals surface area contributed by atoms with Crippen LogP contribution in [0.5, 0.6) is 0 Å². The highest BCUT2D eigenvalue weighted by molar-refractivity contribution is 6.01. The lowest BCUT2D eigenvalue weighted by Crippen LogP contribution is -2.65. The lowest BCUT2D eigenvalue weighted by molar-refractivity contribution is -0.211. The van der Waals surface area contributed by atoms with Crippen molar-refractivity contribution in [1.82, 2.24) is 0 Å². The zero-order valence-corrected chi connectivity index (χ0v) is 26.4. The summed E-state index contributed by atoms with van der Waals surface area (Å²) in [5.74, 6) is 1.93. The van der Waals surface area contributed by atoms with E-state index in [1.807, 2.05) is 18.2 Å². The third-order valence-electron chi connectivity index (χ3n) is 13.8.